The first kappa shape index (κ1) is 13.4. The van der Waals surface area contributed by atoms with E-state index in [0.717, 1.165) is 12.5 Å². The van der Waals surface area contributed by atoms with E-state index in [2.05, 4.69) is 21.2 Å². The van der Waals surface area contributed by atoms with Crippen LogP contribution in [0, 0.1) is 11.6 Å². The molecule has 1 N–H and O–H groups in total. The summed E-state index contributed by atoms with van der Waals surface area (Å²) in [6.45, 7) is 2.51. The number of halogens is 3. The number of hydrogen-bond acceptors (Lipinski definition) is 2. The van der Waals surface area contributed by atoms with E-state index in [-0.39, 0.29) is 16.2 Å². The Morgan fingerprint density at radius 2 is 2.06 bits per heavy atom. The van der Waals surface area contributed by atoms with Crippen molar-refractivity contribution in [3.63, 3.8) is 0 Å². The molecule has 0 saturated heterocycles. The van der Waals surface area contributed by atoms with Gasteiger partial charge in [0.2, 0.25) is 0 Å². The van der Waals surface area contributed by atoms with E-state index in [9.17, 15) is 8.78 Å². The third-order valence-corrected chi connectivity index (χ3v) is 2.77. The molecule has 5 heteroatoms. The van der Waals surface area contributed by atoms with Gasteiger partial charge in [0.1, 0.15) is 11.6 Å². The van der Waals surface area contributed by atoms with E-state index in [1.54, 1.807) is 7.11 Å². The predicted molar refractivity (Wildman–Crippen MR) is 63.6 cm³/mol. The van der Waals surface area contributed by atoms with Gasteiger partial charge in [-0.2, -0.15) is 0 Å². The van der Waals surface area contributed by atoms with E-state index in [0.29, 0.717) is 6.61 Å². The zero-order valence-corrected chi connectivity index (χ0v) is 10.8. The molecular weight excluding hydrogens is 280 g/mol. The molecule has 1 atom stereocenters. The van der Waals surface area contributed by atoms with E-state index < -0.39 is 11.6 Å². The van der Waals surface area contributed by atoms with Gasteiger partial charge >= 0.3 is 0 Å². The van der Waals surface area contributed by atoms with Crippen LogP contribution in [0.15, 0.2) is 16.6 Å². The summed E-state index contributed by atoms with van der Waals surface area (Å²) < 4.78 is 31.5. The van der Waals surface area contributed by atoms with Crippen LogP contribution in [0.25, 0.3) is 0 Å². The number of methoxy groups -OCH3 is 1. The Morgan fingerprint density at radius 1 is 1.38 bits per heavy atom. The highest BCUT2D eigenvalue weighted by Crippen LogP contribution is 2.24. The molecule has 0 spiro atoms. The minimum Gasteiger partial charge on any atom is -0.385 e. The number of hydrogen-bond donors (Lipinski definition) is 1. The summed E-state index contributed by atoms with van der Waals surface area (Å²) in [5.74, 6) is -1.20. The van der Waals surface area contributed by atoms with Gasteiger partial charge in [0.25, 0.3) is 0 Å². The van der Waals surface area contributed by atoms with Crippen molar-refractivity contribution in [3.05, 3.63) is 28.2 Å². The van der Waals surface area contributed by atoms with E-state index in [1.807, 2.05) is 6.92 Å². The Balaban J connectivity index is 2.69. The fourth-order valence-electron chi connectivity index (χ4n) is 1.27. The van der Waals surface area contributed by atoms with Crippen LogP contribution in [0.2, 0.25) is 0 Å². The molecule has 0 heterocycles. The molecule has 0 aromatic heterocycles. The zero-order valence-electron chi connectivity index (χ0n) is 9.19. The number of anilines is 1. The van der Waals surface area contributed by atoms with Gasteiger partial charge in [0.05, 0.1) is 10.2 Å². The van der Waals surface area contributed by atoms with Crippen molar-refractivity contribution in [2.24, 2.45) is 0 Å². The second-order valence-electron chi connectivity index (χ2n) is 3.57. The van der Waals surface area contributed by atoms with E-state index in [4.69, 9.17) is 4.74 Å². The molecule has 1 aromatic rings. The van der Waals surface area contributed by atoms with Crippen molar-refractivity contribution in [2.75, 3.05) is 19.0 Å². The Morgan fingerprint density at radius 3 is 2.69 bits per heavy atom. The van der Waals surface area contributed by atoms with Gasteiger partial charge in [-0.25, -0.2) is 8.78 Å². The molecule has 1 aromatic carbocycles. The van der Waals surface area contributed by atoms with Crippen molar-refractivity contribution in [1.29, 1.82) is 0 Å². The van der Waals surface area contributed by atoms with Crippen LogP contribution in [0.1, 0.15) is 13.3 Å². The fourth-order valence-corrected chi connectivity index (χ4v) is 1.61. The van der Waals surface area contributed by atoms with Gasteiger partial charge in [0, 0.05) is 25.8 Å². The van der Waals surface area contributed by atoms with Crippen molar-refractivity contribution < 1.29 is 13.5 Å². The SMILES string of the molecule is COCCC(C)Nc1cc(Br)c(F)cc1F. The van der Waals surface area contributed by atoms with Gasteiger partial charge in [-0.05, 0) is 35.3 Å². The molecule has 0 aliphatic carbocycles. The fraction of sp³-hybridized carbons (Fsp3) is 0.455. The molecule has 2 nitrogen and oxygen atoms in total. The smallest absolute Gasteiger partial charge is 0.149 e. The molecule has 90 valence electrons. The first-order valence-corrected chi connectivity index (χ1v) is 5.74. The molecule has 16 heavy (non-hydrogen) atoms. The van der Waals surface area contributed by atoms with Crippen LogP contribution in [0.5, 0.6) is 0 Å². The van der Waals surface area contributed by atoms with Crippen LogP contribution in [-0.2, 0) is 4.74 Å². The minimum atomic E-state index is -0.604. The van der Waals surface area contributed by atoms with Crippen LogP contribution in [0.4, 0.5) is 14.5 Å². The van der Waals surface area contributed by atoms with E-state index >= 15 is 0 Å². The van der Waals surface area contributed by atoms with Crippen LogP contribution in [0.3, 0.4) is 0 Å². The van der Waals surface area contributed by atoms with Crippen molar-refractivity contribution >= 4 is 21.6 Å². The molecule has 0 bridgehead atoms. The molecule has 0 aliphatic heterocycles. The second-order valence-corrected chi connectivity index (χ2v) is 4.43. The topological polar surface area (TPSA) is 21.3 Å². The van der Waals surface area contributed by atoms with Crippen molar-refractivity contribution in [3.8, 4) is 0 Å². The Kier molecular flexibility index (Phi) is 5.15. The molecule has 0 saturated carbocycles. The highest BCUT2D eigenvalue weighted by molar-refractivity contribution is 9.10. The van der Waals surface area contributed by atoms with Gasteiger partial charge in [0.15, 0.2) is 0 Å². The summed E-state index contributed by atoms with van der Waals surface area (Å²) in [6, 6.07) is 2.32. The summed E-state index contributed by atoms with van der Waals surface area (Å²) in [4.78, 5) is 0. The summed E-state index contributed by atoms with van der Waals surface area (Å²) in [6.07, 6.45) is 0.755. The third kappa shape index (κ3) is 3.72. The Bertz CT molecular complexity index is 360. The zero-order chi connectivity index (χ0) is 12.1. The van der Waals surface area contributed by atoms with Crippen LogP contribution >= 0.6 is 15.9 Å². The Labute approximate surface area is 102 Å². The standard InChI is InChI=1S/C11H14BrF2NO/c1-7(3-4-16-2)15-11-5-8(12)9(13)6-10(11)14/h5-7,15H,3-4H2,1-2H3. The van der Waals surface area contributed by atoms with E-state index in [1.165, 1.54) is 6.07 Å². The molecule has 0 radical (unpaired) electrons. The maximum Gasteiger partial charge on any atom is 0.149 e. The summed E-state index contributed by atoms with van der Waals surface area (Å²) in [5, 5.41) is 2.96. The van der Waals surface area contributed by atoms with Crippen molar-refractivity contribution in [2.45, 2.75) is 19.4 Å². The summed E-state index contributed by atoms with van der Waals surface area (Å²) in [5.41, 5.74) is 0.289. The highest BCUT2D eigenvalue weighted by atomic mass is 79.9. The second kappa shape index (κ2) is 6.15. The lowest BCUT2D eigenvalue weighted by molar-refractivity contribution is 0.191. The molecule has 1 unspecified atom stereocenters. The average Bonchev–Trinajstić information content (AvgIpc) is 2.23. The van der Waals surface area contributed by atoms with Gasteiger partial charge in [-0.1, -0.05) is 0 Å². The van der Waals surface area contributed by atoms with Crippen molar-refractivity contribution in [1.82, 2.24) is 0 Å². The maximum absolute atomic E-state index is 13.4. The monoisotopic (exact) mass is 293 g/mol. The summed E-state index contributed by atoms with van der Waals surface area (Å²) in [7, 11) is 1.61. The number of nitrogens with one attached hydrogen (secondary N) is 1. The normalized spacial score (nSPS) is 12.6. The predicted octanol–water partition coefficient (Wildman–Crippen LogP) is 3.56. The number of benzene rings is 1. The molecule has 1 rings (SSSR count). The van der Waals surface area contributed by atoms with Gasteiger partial charge in [-0.3, -0.25) is 0 Å². The minimum absolute atomic E-state index is 0.0619. The lowest BCUT2D eigenvalue weighted by Gasteiger charge is -2.15. The lowest BCUT2D eigenvalue weighted by Crippen LogP contribution is -2.18. The maximum atomic E-state index is 13.4. The van der Waals surface area contributed by atoms with Crippen LogP contribution < -0.4 is 5.32 Å². The molecular formula is C11H14BrF2NO. The third-order valence-electron chi connectivity index (χ3n) is 2.17. The number of rotatable bonds is 5. The molecule has 0 amide bonds. The first-order chi connectivity index (χ1) is 7.54. The van der Waals surface area contributed by atoms with Gasteiger partial charge in [-0.15, -0.1) is 0 Å². The van der Waals surface area contributed by atoms with Gasteiger partial charge < -0.3 is 10.1 Å². The Hall–Kier alpha value is -0.680. The lowest BCUT2D eigenvalue weighted by atomic mass is 10.2. The number of ether oxygens (including phenoxy) is 1. The summed E-state index contributed by atoms with van der Waals surface area (Å²) >= 11 is 3.02. The molecule has 0 aliphatic rings. The largest absolute Gasteiger partial charge is 0.385 e. The highest BCUT2D eigenvalue weighted by Gasteiger charge is 2.10. The molecule has 0 fully saturated rings. The quantitative estimate of drug-likeness (QED) is 0.838. The first-order valence-electron chi connectivity index (χ1n) is 4.94. The van der Waals surface area contributed by atoms with Crippen LogP contribution in [-0.4, -0.2) is 19.8 Å². The average molecular weight is 294 g/mol.